The molecule has 5 aliphatic rings. The number of fused-ring (bicyclic) bond motifs is 2. The van der Waals surface area contributed by atoms with E-state index in [0.29, 0.717) is 6.04 Å². The van der Waals surface area contributed by atoms with Crippen molar-refractivity contribution in [3.05, 3.63) is 59.2 Å². The van der Waals surface area contributed by atoms with Gasteiger partial charge in [-0.3, -0.25) is 4.98 Å². The van der Waals surface area contributed by atoms with E-state index in [1.54, 1.807) is 11.9 Å². The molecule has 1 saturated carbocycles. The molecule has 2 aliphatic carbocycles. The van der Waals surface area contributed by atoms with Crippen molar-refractivity contribution in [1.29, 1.82) is 0 Å². The maximum absolute atomic E-state index is 6.17. The van der Waals surface area contributed by atoms with Crippen molar-refractivity contribution in [2.45, 2.75) is 52.0 Å². The standard InChI is InChI=1S/C23H27N3OS/c1-16-14-21(15-17(2)24-16)27-20-5-3-4-18(6-7-20)23-10-8-19(9-11-23)26-12-13-28-25-22(23)26/h4-7,14-15,19H,3,8-13H2,1-2H3. The minimum absolute atomic E-state index is 0.103. The Morgan fingerprint density at radius 1 is 1.11 bits per heavy atom. The number of aromatic nitrogens is 1. The van der Waals surface area contributed by atoms with E-state index in [1.165, 1.54) is 37.1 Å². The number of nitrogens with zero attached hydrogens (tertiary/aromatic N) is 3. The number of piperidine rings is 2. The van der Waals surface area contributed by atoms with Gasteiger partial charge in [-0.2, -0.15) is 0 Å². The van der Waals surface area contributed by atoms with Gasteiger partial charge in [-0.25, -0.2) is 4.40 Å². The molecule has 2 saturated heterocycles. The first-order valence-corrected chi connectivity index (χ1v) is 11.3. The first kappa shape index (κ1) is 18.0. The van der Waals surface area contributed by atoms with E-state index in [9.17, 15) is 0 Å². The molecule has 0 radical (unpaired) electrons. The molecule has 0 N–H and O–H groups in total. The van der Waals surface area contributed by atoms with Gasteiger partial charge in [-0.05, 0) is 75.6 Å². The zero-order valence-electron chi connectivity index (χ0n) is 16.6. The van der Waals surface area contributed by atoms with Gasteiger partial charge in [0.1, 0.15) is 17.3 Å². The predicted molar refractivity (Wildman–Crippen MR) is 116 cm³/mol. The average molecular weight is 394 g/mol. The molecule has 4 heterocycles. The maximum atomic E-state index is 6.17. The number of hydrogen-bond donors (Lipinski definition) is 0. The summed E-state index contributed by atoms with van der Waals surface area (Å²) in [5, 5.41) is 0. The molecular formula is C23H27N3OS. The summed E-state index contributed by atoms with van der Waals surface area (Å²) in [5.41, 5.74) is 3.50. The summed E-state index contributed by atoms with van der Waals surface area (Å²) in [6.45, 7) is 5.16. The number of pyridine rings is 1. The molecule has 5 heteroatoms. The van der Waals surface area contributed by atoms with Gasteiger partial charge < -0.3 is 9.64 Å². The molecule has 1 aromatic rings. The topological polar surface area (TPSA) is 37.7 Å². The average Bonchev–Trinajstić information content (AvgIpc) is 2.94. The minimum Gasteiger partial charge on any atom is -0.458 e. The van der Waals surface area contributed by atoms with Gasteiger partial charge in [0.25, 0.3) is 0 Å². The zero-order valence-corrected chi connectivity index (χ0v) is 17.5. The number of amidine groups is 1. The Balaban J connectivity index is 1.40. The summed E-state index contributed by atoms with van der Waals surface area (Å²) in [6, 6.07) is 4.70. The molecule has 0 amide bonds. The Hall–Kier alpha value is -2.01. The quantitative estimate of drug-likeness (QED) is 0.666. The summed E-state index contributed by atoms with van der Waals surface area (Å²) in [6.07, 6.45) is 14.9. The van der Waals surface area contributed by atoms with Crippen LogP contribution in [0.3, 0.4) is 0 Å². The van der Waals surface area contributed by atoms with Crippen LogP contribution in [-0.2, 0) is 0 Å². The van der Waals surface area contributed by atoms with Crippen molar-refractivity contribution in [1.82, 2.24) is 9.88 Å². The van der Waals surface area contributed by atoms with Crippen molar-refractivity contribution >= 4 is 17.8 Å². The summed E-state index contributed by atoms with van der Waals surface area (Å²) in [5.74, 6) is 4.23. The second-order valence-electron chi connectivity index (χ2n) is 8.28. The van der Waals surface area contributed by atoms with Crippen molar-refractivity contribution in [3.8, 4) is 5.75 Å². The van der Waals surface area contributed by atoms with E-state index in [2.05, 4.69) is 34.2 Å². The molecule has 3 fully saturated rings. The highest BCUT2D eigenvalue weighted by atomic mass is 32.2. The number of allylic oxidation sites excluding steroid dienone is 4. The molecule has 2 bridgehead atoms. The fourth-order valence-electron chi connectivity index (χ4n) is 5.20. The Labute approximate surface area is 171 Å². The highest BCUT2D eigenvalue weighted by Gasteiger charge is 2.51. The van der Waals surface area contributed by atoms with E-state index in [0.717, 1.165) is 41.6 Å². The van der Waals surface area contributed by atoms with Crippen LogP contribution < -0.4 is 4.74 Å². The molecule has 4 nitrogen and oxygen atoms in total. The van der Waals surface area contributed by atoms with E-state index < -0.39 is 0 Å². The predicted octanol–water partition coefficient (Wildman–Crippen LogP) is 5.15. The van der Waals surface area contributed by atoms with E-state index >= 15 is 0 Å². The van der Waals surface area contributed by atoms with Crippen LogP contribution in [0.2, 0.25) is 0 Å². The number of ether oxygens (including phenoxy) is 1. The van der Waals surface area contributed by atoms with Gasteiger partial charge in [0.2, 0.25) is 0 Å². The second-order valence-corrected chi connectivity index (χ2v) is 9.13. The molecule has 1 aromatic heterocycles. The maximum Gasteiger partial charge on any atom is 0.131 e. The van der Waals surface area contributed by atoms with Gasteiger partial charge in [0, 0.05) is 41.9 Å². The fourth-order valence-corrected chi connectivity index (χ4v) is 5.97. The van der Waals surface area contributed by atoms with Crippen LogP contribution in [0, 0.1) is 19.3 Å². The Bertz CT molecular complexity index is 886. The lowest BCUT2D eigenvalue weighted by Crippen LogP contribution is -2.60. The Morgan fingerprint density at radius 2 is 1.89 bits per heavy atom. The van der Waals surface area contributed by atoms with E-state index in [4.69, 9.17) is 9.13 Å². The van der Waals surface area contributed by atoms with Crippen molar-refractivity contribution < 1.29 is 4.74 Å². The third-order valence-electron chi connectivity index (χ3n) is 6.45. The molecule has 0 spiro atoms. The summed E-state index contributed by atoms with van der Waals surface area (Å²) < 4.78 is 11.1. The van der Waals surface area contributed by atoms with Crippen LogP contribution in [0.25, 0.3) is 0 Å². The normalized spacial score (nSPS) is 28.9. The van der Waals surface area contributed by atoms with Gasteiger partial charge >= 0.3 is 0 Å². The SMILES string of the molecule is Cc1cc(OC2=CCC=C(C34CCC(CC3)N3CCSN=C34)C=C2)cc(C)n1. The van der Waals surface area contributed by atoms with Crippen molar-refractivity contribution in [2.75, 3.05) is 12.3 Å². The number of rotatable bonds is 3. The van der Waals surface area contributed by atoms with Crippen LogP contribution >= 0.6 is 11.9 Å². The Kier molecular flexibility index (Phi) is 4.58. The van der Waals surface area contributed by atoms with Crippen molar-refractivity contribution in [2.24, 2.45) is 9.81 Å². The van der Waals surface area contributed by atoms with Crippen LogP contribution in [0.15, 0.2) is 52.2 Å². The molecular weight excluding hydrogens is 366 g/mol. The lowest BCUT2D eigenvalue weighted by Gasteiger charge is -2.56. The van der Waals surface area contributed by atoms with Crippen LogP contribution in [0.1, 0.15) is 43.5 Å². The molecule has 6 rings (SSSR count). The second kappa shape index (κ2) is 7.11. The summed E-state index contributed by atoms with van der Waals surface area (Å²) >= 11 is 1.74. The third-order valence-corrected chi connectivity index (χ3v) is 7.12. The minimum atomic E-state index is 0.103. The van der Waals surface area contributed by atoms with Crippen LogP contribution in [-0.4, -0.2) is 34.1 Å². The van der Waals surface area contributed by atoms with Gasteiger partial charge in [0.15, 0.2) is 0 Å². The lowest BCUT2D eigenvalue weighted by atomic mass is 9.62. The van der Waals surface area contributed by atoms with Gasteiger partial charge in [0.05, 0.1) is 5.41 Å². The number of aryl methyl sites for hydroxylation is 2. The largest absolute Gasteiger partial charge is 0.458 e. The third kappa shape index (κ3) is 3.10. The molecule has 0 unspecified atom stereocenters. The highest BCUT2D eigenvalue weighted by molar-refractivity contribution is 7.98. The fraction of sp³-hybridized carbons (Fsp3) is 0.478. The van der Waals surface area contributed by atoms with Crippen molar-refractivity contribution in [3.63, 3.8) is 0 Å². The van der Waals surface area contributed by atoms with E-state index in [1.807, 2.05) is 26.0 Å². The molecule has 28 heavy (non-hydrogen) atoms. The monoisotopic (exact) mass is 393 g/mol. The highest BCUT2D eigenvalue weighted by Crippen LogP contribution is 2.52. The van der Waals surface area contributed by atoms with Crippen LogP contribution in [0.4, 0.5) is 0 Å². The smallest absolute Gasteiger partial charge is 0.131 e. The van der Waals surface area contributed by atoms with Gasteiger partial charge in [-0.1, -0.05) is 12.2 Å². The zero-order chi connectivity index (χ0) is 19.1. The van der Waals surface area contributed by atoms with Crippen LogP contribution in [0.5, 0.6) is 5.75 Å². The molecule has 146 valence electrons. The first-order valence-electron chi connectivity index (χ1n) is 10.3. The molecule has 0 atom stereocenters. The summed E-state index contributed by atoms with van der Waals surface area (Å²) in [7, 11) is 0. The van der Waals surface area contributed by atoms with E-state index in [-0.39, 0.29) is 5.41 Å². The first-order chi connectivity index (χ1) is 13.6. The Morgan fingerprint density at radius 3 is 2.68 bits per heavy atom. The van der Waals surface area contributed by atoms with Gasteiger partial charge in [-0.15, -0.1) is 0 Å². The summed E-state index contributed by atoms with van der Waals surface area (Å²) in [4.78, 5) is 7.04. The molecule has 3 aliphatic heterocycles. The number of hydrogen-bond acceptors (Lipinski definition) is 5. The molecule has 0 aromatic carbocycles. The lowest BCUT2D eigenvalue weighted by molar-refractivity contribution is 0.132.